The number of amides is 1. The number of nitrogens with zero attached hydrogens (tertiary/aromatic N) is 2. The van der Waals surface area contributed by atoms with Crippen LogP contribution in [0.3, 0.4) is 0 Å². The van der Waals surface area contributed by atoms with E-state index in [0.29, 0.717) is 12.5 Å². The van der Waals surface area contributed by atoms with Gasteiger partial charge in [-0.2, -0.15) is 0 Å². The van der Waals surface area contributed by atoms with Crippen molar-refractivity contribution in [3.05, 3.63) is 35.4 Å². The molecule has 0 fully saturated rings. The zero-order valence-electron chi connectivity index (χ0n) is 16.8. The van der Waals surface area contributed by atoms with Crippen LogP contribution in [0.1, 0.15) is 51.7 Å². The van der Waals surface area contributed by atoms with Crippen molar-refractivity contribution in [1.29, 1.82) is 0 Å². The van der Waals surface area contributed by atoms with Gasteiger partial charge in [-0.25, -0.2) is 0 Å². The Bertz CT molecular complexity index is 572. The molecule has 0 heterocycles. The van der Waals surface area contributed by atoms with Gasteiger partial charge in [-0.1, -0.05) is 36.8 Å². The zero-order valence-corrected chi connectivity index (χ0v) is 16.8. The third kappa shape index (κ3) is 8.05. The largest absolute Gasteiger partial charge is 0.357 e. The van der Waals surface area contributed by atoms with Gasteiger partial charge < -0.3 is 15.5 Å². The monoisotopic (exact) mass is 346 g/mol. The first-order valence-electron chi connectivity index (χ1n) is 8.99. The topological polar surface area (TPSA) is 56.7 Å². The number of carbonyl (C=O) groups is 1. The first-order valence-corrected chi connectivity index (χ1v) is 8.99. The number of rotatable bonds is 6. The first-order chi connectivity index (χ1) is 11.6. The summed E-state index contributed by atoms with van der Waals surface area (Å²) in [4.78, 5) is 18.7. The smallest absolute Gasteiger partial charge is 0.240 e. The van der Waals surface area contributed by atoms with E-state index in [1.807, 2.05) is 39.6 Å². The lowest BCUT2D eigenvalue weighted by Crippen LogP contribution is -2.48. The van der Waals surface area contributed by atoms with E-state index in [0.717, 1.165) is 12.5 Å². The lowest BCUT2D eigenvalue weighted by atomic mass is 10.0. The highest BCUT2D eigenvalue weighted by molar-refractivity contribution is 5.86. The second kappa shape index (κ2) is 9.44. The van der Waals surface area contributed by atoms with Gasteiger partial charge in [-0.3, -0.25) is 9.79 Å². The molecule has 0 aromatic heterocycles. The summed E-state index contributed by atoms with van der Waals surface area (Å²) >= 11 is 0. The minimum absolute atomic E-state index is 0.00724. The van der Waals surface area contributed by atoms with Crippen LogP contribution < -0.4 is 10.6 Å². The predicted molar refractivity (Wildman–Crippen MR) is 106 cm³/mol. The number of guanidine groups is 1. The van der Waals surface area contributed by atoms with E-state index in [4.69, 9.17) is 4.99 Å². The summed E-state index contributed by atoms with van der Waals surface area (Å²) in [5.74, 6) is 1.07. The lowest BCUT2D eigenvalue weighted by molar-refractivity contribution is -0.122. The Hall–Kier alpha value is -2.04. The molecule has 25 heavy (non-hydrogen) atoms. The standard InChI is InChI=1S/C20H34N4O/c1-8-21-19(24(7)14-18(25)23-20(4,5)6)22-13-16(3)17-11-9-15(2)10-12-17/h9-12,16H,8,13-14H2,1-7H3,(H,21,22)(H,23,25). The first kappa shape index (κ1) is 21.0. The van der Waals surface area contributed by atoms with Gasteiger partial charge in [-0.05, 0) is 40.2 Å². The molecule has 2 N–H and O–H groups in total. The molecule has 1 amide bonds. The summed E-state index contributed by atoms with van der Waals surface area (Å²) in [6.45, 7) is 14.0. The number of benzene rings is 1. The van der Waals surface area contributed by atoms with E-state index in [-0.39, 0.29) is 18.0 Å². The molecule has 0 radical (unpaired) electrons. The summed E-state index contributed by atoms with van der Waals surface area (Å²) in [7, 11) is 1.89. The maximum absolute atomic E-state index is 12.1. The van der Waals surface area contributed by atoms with Gasteiger partial charge in [0.2, 0.25) is 5.91 Å². The van der Waals surface area contributed by atoms with E-state index in [2.05, 4.69) is 48.7 Å². The molecule has 1 rings (SSSR count). The van der Waals surface area contributed by atoms with Crippen molar-refractivity contribution in [1.82, 2.24) is 15.5 Å². The van der Waals surface area contributed by atoms with Crippen molar-refractivity contribution in [2.75, 3.05) is 26.7 Å². The van der Waals surface area contributed by atoms with Crippen LogP contribution in [0, 0.1) is 6.92 Å². The van der Waals surface area contributed by atoms with Crippen molar-refractivity contribution in [2.45, 2.75) is 53.0 Å². The van der Waals surface area contributed by atoms with Crippen LogP contribution in [0.15, 0.2) is 29.3 Å². The fraction of sp³-hybridized carbons (Fsp3) is 0.600. The molecule has 1 aromatic carbocycles. The van der Waals surface area contributed by atoms with Gasteiger partial charge in [0.15, 0.2) is 5.96 Å². The summed E-state index contributed by atoms with van der Waals surface area (Å²) in [5, 5.41) is 6.24. The fourth-order valence-corrected chi connectivity index (χ4v) is 2.44. The van der Waals surface area contributed by atoms with E-state index in [1.165, 1.54) is 11.1 Å². The van der Waals surface area contributed by atoms with Crippen LogP contribution in [0.25, 0.3) is 0 Å². The molecule has 1 unspecified atom stereocenters. The normalized spacial score (nSPS) is 13.3. The Morgan fingerprint density at radius 2 is 1.84 bits per heavy atom. The van der Waals surface area contributed by atoms with Crippen molar-refractivity contribution in [3.8, 4) is 0 Å². The van der Waals surface area contributed by atoms with Crippen LogP contribution in [-0.2, 0) is 4.79 Å². The van der Waals surface area contributed by atoms with Crippen molar-refractivity contribution < 1.29 is 4.79 Å². The van der Waals surface area contributed by atoms with Gasteiger partial charge in [0, 0.05) is 31.6 Å². The van der Waals surface area contributed by atoms with Crippen molar-refractivity contribution >= 4 is 11.9 Å². The third-order valence-corrected chi connectivity index (χ3v) is 3.75. The summed E-state index contributed by atoms with van der Waals surface area (Å²) in [6.07, 6.45) is 0. The number of hydrogen-bond donors (Lipinski definition) is 2. The molecule has 0 aliphatic rings. The third-order valence-electron chi connectivity index (χ3n) is 3.75. The molecule has 5 heteroatoms. The summed E-state index contributed by atoms with van der Waals surface area (Å²) < 4.78 is 0. The van der Waals surface area contributed by atoms with E-state index in [1.54, 1.807) is 0 Å². The maximum atomic E-state index is 12.1. The average Bonchev–Trinajstić information content (AvgIpc) is 2.49. The number of aliphatic imine (C=N–C) groups is 1. The molecular weight excluding hydrogens is 312 g/mol. The molecule has 140 valence electrons. The Kier molecular flexibility index (Phi) is 7.94. The fourth-order valence-electron chi connectivity index (χ4n) is 2.44. The van der Waals surface area contributed by atoms with E-state index >= 15 is 0 Å². The molecule has 0 spiro atoms. The van der Waals surface area contributed by atoms with Crippen LogP contribution in [0.5, 0.6) is 0 Å². The predicted octanol–water partition coefficient (Wildman–Crippen LogP) is 2.91. The summed E-state index contributed by atoms with van der Waals surface area (Å²) in [5.41, 5.74) is 2.31. The Labute approximate surface area is 152 Å². The van der Waals surface area contributed by atoms with Crippen LogP contribution >= 0.6 is 0 Å². The average molecular weight is 347 g/mol. The van der Waals surface area contributed by atoms with Crippen molar-refractivity contribution in [2.24, 2.45) is 4.99 Å². The quantitative estimate of drug-likeness (QED) is 0.615. The SMILES string of the molecule is CCNC(=NCC(C)c1ccc(C)cc1)N(C)CC(=O)NC(C)(C)C. The van der Waals surface area contributed by atoms with E-state index < -0.39 is 0 Å². The second-order valence-corrected chi connectivity index (χ2v) is 7.66. The molecule has 0 aliphatic carbocycles. The molecule has 0 bridgehead atoms. The van der Waals surface area contributed by atoms with Gasteiger partial charge in [0.1, 0.15) is 0 Å². The van der Waals surface area contributed by atoms with Crippen LogP contribution in [0.2, 0.25) is 0 Å². The second-order valence-electron chi connectivity index (χ2n) is 7.66. The molecule has 0 aliphatic heterocycles. The minimum atomic E-state index is -0.229. The van der Waals surface area contributed by atoms with E-state index in [9.17, 15) is 4.79 Å². The highest BCUT2D eigenvalue weighted by atomic mass is 16.2. The molecule has 0 saturated carbocycles. The molecule has 1 atom stereocenters. The van der Waals surface area contributed by atoms with Gasteiger partial charge >= 0.3 is 0 Å². The molecular formula is C20H34N4O. The maximum Gasteiger partial charge on any atom is 0.240 e. The van der Waals surface area contributed by atoms with Gasteiger partial charge in [-0.15, -0.1) is 0 Å². The number of nitrogens with one attached hydrogen (secondary N) is 2. The Morgan fingerprint density at radius 3 is 2.36 bits per heavy atom. The highest BCUT2D eigenvalue weighted by Crippen LogP contribution is 2.16. The number of carbonyl (C=O) groups excluding carboxylic acids is 1. The van der Waals surface area contributed by atoms with Crippen LogP contribution in [0.4, 0.5) is 0 Å². The lowest BCUT2D eigenvalue weighted by Gasteiger charge is -2.25. The minimum Gasteiger partial charge on any atom is -0.357 e. The van der Waals surface area contributed by atoms with Crippen LogP contribution in [-0.4, -0.2) is 49.0 Å². The van der Waals surface area contributed by atoms with Crippen molar-refractivity contribution in [3.63, 3.8) is 0 Å². The molecule has 0 saturated heterocycles. The Morgan fingerprint density at radius 1 is 1.24 bits per heavy atom. The number of aryl methyl sites for hydroxylation is 1. The molecule has 1 aromatic rings. The van der Waals surface area contributed by atoms with Gasteiger partial charge in [0.05, 0.1) is 6.54 Å². The molecule has 5 nitrogen and oxygen atoms in total. The highest BCUT2D eigenvalue weighted by Gasteiger charge is 2.17. The Balaban J connectivity index is 2.71. The number of likely N-dealkylation sites (N-methyl/N-ethyl adjacent to an activating group) is 1. The van der Waals surface area contributed by atoms with Gasteiger partial charge in [0.25, 0.3) is 0 Å². The number of hydrogen-bond acceptors (Lipinski definition) is 2. The zero-order chi connectivity index (χ0) is 19.0. The summed E-state index contributed by atoms with van der Waals surface area (Å²) in [6, 6.07) is 8.57.